The number of aromatic nitrogens is 2. The van der Waals surface area contributed by atoms with Gasteiger partial charge in [0.2, 0.25) is 0 Å². The number of hydrogen-bond donors (Lipinski definition) is 2. The Balaban J connectivity index is 1.72. The highest BCUT2D eigenvalue weighted by molar-refractivity contribution is 5.77. The molecule has 0 spiro atoms. The minimum atomic E-state index is -0.0675. The van der Waals surface area contributed by atoms with Gasteiger partial charge in [0.05, 0.1) is 36.0 Å². The molecule has 6 heteroatoms. The number of rotatable bonds is 8. The molecular formula is C17H20N4O2. The summed E-state index contributed by atoms with van der Waals surface area (Å²) in [7, 11) is 0. The van der Waals surface area contributed by atoms with Crippen LogP contribution in [0.5, 0.6) is 0 Å². The van der Waals surface area contributed by atoms with Crippen molar-refractivity contribution in [3.05, 3.63) is 59.2 Å². The maximum absolute atomic E-state index is 9.02. The first-order valence-electron chi connectivity index (χ1n) is 7.45. The number of pyridine rings is 2. The molecule has 23 heavy (non-hydrogen) atoms. The van der Waals surface area contributed by atoms with E-state index in [1.807, 2.05) is 24.3 Å². The summed E-state index contributed by atoms with van der Waals surface area (Å²) >= 11 is 0. The molecular weight excluding hydrogens is 292 g/mol. The van der Waals surface area contributed by atoms with E-state index in [-0.39, 0.29) is 13.2 Å². The lowest BCUT2D eigenvalue weighted by Gasteiger charge is -1.97. The maximum Gasteiger partial charge on any atom is 0.0853 e. The van der Waals surface area contributed by atoms with E-state index >= 15 is 0 Å². The molecule has 0 aliphatic rings. The van der Waals surface area contributed by atoms with Gasteiger partial charge >= 0.3 is 0 Å². The number of aliphatic imine (C=N–C) groups is 2. The fraction of sp³-hybridized carbons (Fsp3) is 0.294. The molecule has 0 saturated heterocycles. The third kappa shape index (κ3) is 6.06. The van der Waals surface area contributed by atoms with Gasteiger partial charge in [-0.3, -0.25) is 9.98 Å². The van der Waals surface area contributed by atoms with Crippen LogP contribution >= 0.6 is 0 Å². The van der Waals surface area contributed by atoms with Crippen LogP contribution in [0.2, 0.25) is 0 Å². The Bertz CT molecular complexity index is 614. The Morgan fingerprint density at radius 2 is 1.26 bits per heavy atom. The van der Waals surface area contributed by atoms with Gasteiger partial charge < -0.3 is 10.2 Å². The van der Waals surface area contributed by atoms with Gasteiger partial charge in [0.25, 0.3) is 0 Å². The smallest absolute Gasteiger partial charge is 0.0853 e. The monoisotopic (exact) mass is 312 g/mol. The van der Waals surface area contributed by atoms with Crippen LogP contribution in [0, 0.1) is 0 Å². The van der Waals surface area contributed by atoms with E-state index in [0.717, 1.165) is 17.8 Å². The maximum atomic E-state index is 9.02. The summed E-state index contributed by atoms with van der Waals surface area (Å²) in [4.78, 5) is 17.0. The first kappa shape index (κ1) is 16.9. The normalized spacial score (nSPS) is 11.6. The van der Waals surface area contributed by atoms with Crippen molar-refractivity contribution < 1.29 is 10.2 Å². The minimum absolute atomic E-state index is 0.0675. The van der Waals surface area contributed by atoms with E-state index in [4.69, 9.17) is 10.2 Å². The summed E-state index contributed by atoms with van der Waals surface area (Å²) in [6.45, 7) is 1.18. The van der Waals surface area contributed by atoms with E-state index in [1.165, 1.54) is 0 Å². The standard InChI is InChI=1S/C17H20N4O2/c22-12-16-6-1-4-14(20-16)10-18-8-3-9-19-11-15-5-2-7-17(13-23)21-15/h1-2,4-7,10-11,22-23H,3,8-9,12-13H2. The van der Waals surface area contributed by atoms with Gasteiger partial charge in [-0.1, -0.05) is 12.1 Å². The molecule has 0 amide bonds. The predicted octanol–water partition coefficient (Wildman–Crippen LogP) is 1.39. The van der Waals surface area contributed by atoms with Crippen molar-refractivity contribution in [1.82, 2.24) is 9.97 Å². The van der Waals surface area contributed by atoms with Crippen LogP contribution in [-0.4, -0.2) is 45.7 Å². The zero-order valence-electron chi connectivity index (χ0n) is 12.8. The Labute approximate surface area is 135 Å². The fourth-order valence-electron chi connectivity index (χ4n) is 1.89. The second kappa shape index (κ2) is 9.55. The van der Waals surface area contributed by atoms with Crippen molar-refractivity contribution in [1.29, 1.82) is 0 Å². The van der Waals surface area contributed by atoms with Crippen LogP contribution in [0.3, 0.4) is 0 Å². The molecule has 6 nitrogen and oxygen atoms in total. The van der Waals surface area contributed by atoms with Gasteiger partial charge in [-0.15, -0.1) is 0 Å². The molecule has 2 aromatic heterocycles. The predicted molar refractivity (Wildman–Crippen MR) is 89.9 cm³/mol. The van der Waals surface area contributed by atoms with Crippen molar-refractivity contribution in [2.75, 3.05) is 13.1 Å². The van der Waals surface area contributed by atoms with E-state index < -0.39 is 0 Å². The minimum Gasteiger partial charge on any atom is -0.390 e. The van der Waals surface area contributed by atoms with Crippen molar-refractivity contribution in [3.8, 4) is 0 Å². The third-order valence-electron chi connectivity index (χ3n) is 3.00. The summed E-state index contributed by atoms with van der Waals surface area (Å²) in [6.07, 6.45) is 4.23. The Morgan fingerprint density at radius 3 is 1.70 bits per heavy atom. The molecule has 0 radical (unpaired) electrons. The topological polar surface area (TPSA) is 91.0 Å². The molecule has 0 saturated carbocycles. The van der Waals surface area contributed by atoms with E-state index in [0.29, 0.717) is 24.5 Å². The van der Waals surface area contributed by atoms with Gasteiger partial charge in [-0.05, 0) is 30.7 Å². The lowest BCUT2D eigenvalue weighted by atomic mass is 10.3. The summed E-state index contributed by atoms with van der Waals surface area (Å²) < 4.78 is 0. The summed E-state index contributed by atoms with van der Waals surface area (Å²) in [6, 6.07) is 10.9. The number of aliphatic hydroxyl groups is 2. The van der Waals surface area contributed by atoms with Crippen molar-refractivity contribution in [2.45, 2.75) is 19.6 Å². The molecule has 0 aliphatic heterocycles. The van der Waals surface area contributed by atoms with Crippen molar-refractivity contribution in [2.24, 2.45) is 9.98 Å². The summed E-state index contributed by atoms with van der Waals surface area (Å²) in [5, 5.41) is 18.0. The quantitative estimate of drug-likeness (QED) is 0.569. The van der Waals surface area contributed by atoms with Crippen LogP contribution in [0.1, 0.15) is 29.2 Å². The average molecular weight is 312 g/mol. The van der Waals surface area contributed by atoms with Gasteiger partial charge in [-0.25, -0.2) is 9.97 Å². The number of nitrogens with zero attached hydrogens (tertiary/aromatic N) is 4. The van der Waals surface area contributed by atoms with Crippen LogP contribution in [-0.2, 0) is 13.2 Å². The molecule has 0 bridgehead atoms. The van der Waals surface area contributed by atoms with Crippen LogP contribution in [0.25, 0.3) is 0 Å². The molecule has 2 N–H and O–H groups in total. The number of aliphatic hydroxyl groups excluding tert-OH is 2. The zero-order chi connectivity index (χ0) is 16.3. The lowest BCUT2D eigenvalue weighted by Crippen LogP contribution is -1.96. The van der Waals surface area contributed by atoms with Gasteiger partial charge in [0, 0.05) is 25.5 Å². The third-order valence-corrected chi connectivity index (χ3v) is 3.00. The Kier molecular flexibility index (Phi) is 7.03. The number of hydrogen-bond acceptors (Lipinski definition) is 6. The lowest BCUT2D eigenvalue weighted by molar-refractivity contribution is 0.276. The van der Waals surface area contributed by atoms with Gasteiger partial charge in [0.1, 0.15) is 0 Å². The average Bonchev–Trinajstić information content (AvgIpc) is 2.61. The Morgan fingerprint density at radius 1 is 0.783 bits per heavy atom. The van der Waals surface area contributed by atoms with Gasteiger partial charge in [-0.2, -0.15) is 0 Å². The molecule has 0 fully saturated rings. The fourth-order valence-corrected chi connectivity index (χ4v) is 1.89. The molecule has 0 aliphatic carbocycles. The molecule has 0 unspecified atom stereocenters. The van der Waals surface area contributed by atoms with Crippen molar-refractivity contribution in [3.63, 3.8) is 0 Å². The largest absolute Gasteiger partial charge is 0.390 e. The highest BCUT2D eigenvalue weighted by atomic mass is 16.3. The van der Waals surface area contributed by atoms with E-state index in [2.05, 4.69) is 20.0 Å². The Hall–Kier alpha value is -2.44. The molecule has 2 rings (SSSR count). The second-order valence-corrected chi connectivity index (χ2v) is 4.85. The van der Waals surface area contributed by atoms with Gasteiger partial charge in [0.15, 0.2) is 0 Å². The van der Waals surface area contributed by atoms with Crippen molar-refractivity contribution >= 4 is 12.4 Å². The first-order chi connectivity index (χ1) is 11.3. The van der Waals surface area contributed by atoms with E-state index in [9.17, 15) is 0 Å². The highest BCUT2D eigenvalue weighted by Crippen LogP contribution is 1.98. The van der Waals surface area contributed by atoms with E-state index in [1.54, 1.807) is 24.6 Å². The SMILES string of the molecule is OCc1cccc(C=NCCCN=Cc2cccc(CO)n2)n1. The molecule has 2 aromatic rings. The molecule has 0 atom stereocenters. The summed E-state index contributed by atoms with van der Waals surface area (Å²) in [5.74, 6) is 0. The van der Waals surface area contributed by atoms with Crippen LogP contribution < -0.4 is 0 Å². The zero-order valence-corrected chi connectivity index (χ0v) is 12.8. The molecule has 0 aromatic carbocycles. The molecule has 2 heterocycles. The van der Waals surface area contributed by atoms with Crippen LogP contribution in [0.15, 0.2) is 46.4 Å². The first-order valence-corrected chi connectivity index (χ1v) is 7.45. The molecule has 120 valence electrons. The van der Waals surface area contributed by atoms with Crippen LogP contribution in [0.4, 0.5) is 0 Å². The summed E-state index contributed by atoms with van der Waals surface area (Å²) in [5.41, 5.74) is 2.75. The second-order valence-electron chi connectivity index (χ2n) is 4.85. The highest BCUT2D eigenvalue weighted by Gasteiger charge is 1.94.